The summed E-state index contributed by atoms with van der Waals surface area (Å²) in [5, 5.41) is 4.86. The highest BCUT2D eigenvalue weighted by atomic mass is 16.6. The van der Waals surface area contributed by atoms with E-state index in [2.05, 4.69) is 10.6 Å². The number of alkyl carbamates (subject to hydrolysis) is 1. The molecule has 0 radical (unpaired) electrons. The molecule has 0 spiro atoms. The van der Waals surface area contributed by atoms with Crippen LogP contribution >= 0.6 is 0 Å². The predicted octanol–water partition coefficient (Wildman–Crippen LogP) is 2.76. The fraction of sp³-hybridized carbons (Fsp3) is 0.393. The van der Waals surface area contributed by atoms with Gasteiger partial charge in [0.1, 0.15) is 30.0 Å². The first-order valence-corrected chi connectivity index (χ1v) is 12.5. The molecule has 2 rings (SSSR count). The zero-order valence-electron chi connectivity index (χ0n) is 22.3. The maximum absolute atomic E-state index is 13.0. The molecule has 0 aromatic heterocycles. The molecule has 39 heavy (non-hydrogen) atoms. The summed E-state index contributed by atoms with van der Waals surface area (Å²) in [7, 11) is 0. The maximum atomic E-state index is 13.0. The number of nitrogens with one attached hydrogen (secondary N) is 2. The number of hydrogen-bond donors (Lipinski definition) is 3. The van der Waals surface area contributed by atoms with Crippen molar-refractivity contribution in [3.63, 3.8) is 0 Å². The number of rotatable bonds is 13. The molecular weight excluding hydrogens is 506 g/mol. The number of esters is 2. The Bertz CT molecular complexity index is 1120. The Balaban J connectivity index is 1.98. The summed E-state index contributed by atoms with van der Waals surface area (Å²) in [6.45, 7) is 5.01. The minimum atomic E-state index is -1.25. The Hall–Kier alpha value is -4.41. The summed E-state index contributed by atoms with van der Waals surface area (Å²) < 4.78 is 15.6. The van der Waals surface area contributed by atoms with Gasteiger partial charge in [0.2, 0.25) is 11.8 Å². The van der Waals surface area contributed by atoms with Crippen LogP contribution in [0, 0.1) is 0 Å². The van der Waals surface area contributed by atoms with E-state index in [1.54, 1.807) is 63.2 Å². The number of carbonyl (C=O) groups excluding carboxylic acids is 5. The quantitative estimate of drug-likeness (QED) is 0.257. The SMILES string of the molecule is CC(C)(C)OC(=O)N[C@@H](CCC(=O)OCc1ccccc1)C(=O)N[C@@H](CCC(=O)Oc1ccccc1)C(N)=O. The topological polar surface area (TPSA) is 163 Å². The third-order valence-electron chi connectivity index (χ3n) is 5.16. The van der Waals surface area contributed by atoms with E-state index in [1.165, 1.54) is 0 Å². The summed E-state index contributed by atoms with van der Waals surface area (Å²) in [5.41, 5.74) is 5.39. The first-order chi connectivity index (χ1) is 18.4. The molecular formula is C28H35N3O8. The number of para-hydroxylation sites is 1. The molecule has 2 aromatic carbocycles. The van der Waals surface area contributed by atoms with Crippen LogP contribution in [0.4, 0.5) is 4.79 Å². The standard InChI is InChI=1S/C28H35N3O8/c1-28(2,3)39-27(36)31-22(15-16-23(32)37-18-19-10-6-4-7-11-19)26(35)30-21(25(29)34)14-17-24(33)38-20-12-8-5-9-13-20/h4-13,21-22H,14-18H2,1-3H3,(H2,29,34)(H,30,35)(H,31,36)/t21-,22-/m0/s1. The van der Waals surface area contributed by atoms with Crippen LogP contribution < -0.4 is 21.1 Å². The molecule has 0 saturated carbocycles. The van der Waals surface area contributed by atoms with E-state index in [-0.39, 0.29) is 32.3 Å². The second kappa shape index (κ2) is 15.1. The highest BCUT2D eigenvalue weighted by molar-refractivity contribution is 5.91. The first kappa shape index (κ1) is 30.8. The van der Waals surface area contributed by atoms with Gasteiger partial charge in [0.25, 0.3) is 0 Å². The van der Waals surface area contributed by atoms with Crippen molar-refractivity contribution in [2.75, 3.05) is 0 Å². The number of carbonyl (C=O) groups is 5. The molecule has 2 atom stereocenters. The Kier molecular flexibility index (Phi) is 11.9. The third kappa shape index (κ3) is 12.6. The van der Waals surface area contributed by atoms with Crippen LogP contribution in [0.1, 0.15) is 52.0 Å². The van der Waals surface area contributed by atoms with Crippen molar-refractivity contribution < 1.29 is 38.2 Å². The molecule has 3 amide bonds. The van der Waals surface area contributed by atoms with Crippen molar-refractivity contribution in [3.05, 3.63) is 66.2 Å². The summed E-state index contributed by atoms with van der Waals surface area (Å²) in [4.78, 5) is 61.8. The second-order valence-corrected chi connectivity index (χ2v) is 9.67. The van der Waals surface area contributed by atoms with E-state index in [0.29, 0.717) is 5.75 Å². The molecule has 0 heterocycles. The van der Waals surface area contributed by atoms with Crippen molar-refractivity contribution in [1.82, 2.24) is 10.6 Å². The summed E-state index contributed by atoms with van der Waals surface area (Å²) in [6.07, 6.45) is -1.57. The summed E-state index contributed by atoms with van der Waals surface area (Å²) >= 11 is 0. The van der Waals surface area contributed by atoms with Crippen molar-refractivity contribution >= 4 is 29.8 Å². The highest BCUT2D eigenvalue weighted by Crippen LogP contribution is 2.12. The normalized spacial score (nSPS) is 12.4. The molecule has 0 aliphatic carbocycles. The Labute approximate surface area is 227 Å². The van der Waals surface area contributed by atoms with E-state index in [9.17, 15) is 24.0 Å². The summed E-state index contributed by atoms with van der Waals surface area (Å²) in [6, 6.07) is 14.9. The number of ether oxygens (including phenoxy) is 3. The van der Waals surface area contributed by atoms with Gasteiger partial charge in [-0.25, -0.2) is 4.79 Å². The van der Waals surface area contributed by atoms with Gasteiger partial charge in [0.15, 0.2) is 0 Å². The molecule has 0 aliphatic rings. The lowest BCUT2D eigenvalue weighted by Crippen LogP contribution is -2.53. The van der Waals surface area contributed by atoms with Gasteiger partial charge in [-0.2, -0.15) is 0 Å². The van der Waals surface area contributed by atoms with E-state index in [1.807, 2.05) is 18.2 Å². The maximum Gasteiger partial charge on any atom is 0.408 e. The van der Waals surface area contributed by atoms with E-state index >= 15 is 0 Å². The molecule has 0 unspecified atom stereocenters. The van der Waals surface area contributed by atoms with Crippen molar-refractivity contribution in [3.8, 4) is 5.75 Å². The smallest absolute Gasteiger partial charge is 0.408 e. The molecule has 4 N–H and O–H groups in total. The van der Waals surface area contributed by atoms with E-state index in [4.69, 9.17) is 19.9 Å². The predicted molar refractivity (Wildman–Crippen MR) is 141 cm³/mol. The molecule has 0 saturated heterocycles. The van der Waals surface area contributed by atoms with Crippen molar-refractivity contribution in [1.29, 1.82) is 0 Å². The lowest BCUT2D eigenvalue weighted by atomic mass is 10.1. The Morgan fingerprint density at radius 1 is 0.795 bits per heavy atom. The number of amides is 3. The molecule has 0 aliphatic heterocycles. The van der Waals surface area contributed by atoms with Gasteiger partial charge in [0, 0.05) is 12.8 Å². The van der Waals surface area contributed by atoms with E-state index < -0.39 is 47.5 Å². The van der Waals surface area contributed by atoms with Crippen LogP contribution in [0.2, 0.25) is 0 Å². The molecule has 2 aromatic rings. The van der Waals surface area contributed by atoms with Crippen LogP contribution in [0.5, 0.6) is 5.75 Å². The fourth-order valence-electron chi connectivity index (χ4n) is 3.28. The van der Waals surface area contributed by atoms with Crippen molar-refractivity contribution in [2.45, 2.75) is 70.7 Å². The van der Waals surface area contributed by atoms with Gasteiger partial charge in [0.05, 0.1) is 0 Å². The Morgan fingerprint density at radius 2 is 1.36 bits per heavy atom. The van der Waals surface area contributed by atoms with Gasteiger partial charge in [-0.3, -0.25) is 19.2 Å². The van der Waals surface area contributed by atoms with Crippen molar-refractivity contribution in [2.24, 2.45) is 5.73 Å². The average Bonchev–Trinajstić information content (AvgIpc) is 2.87. The lowest BCUT2D eigenvalue weighted by Gasteiger charge is -2.24. The van der Waals surface area contributed by atoms with Gasteiger partial charge in [-0.1, -0.05) is 48.5 Å². The van der Waals surface area contributed by atoms with Crippen LogP contribution in [0.15, 0.2) is 60.7 Å². The average molecular weight is 542 g/mol. The fourth-order valence-corrected chi connectivity index (χ4v) is 3.28. The number of benzene rings is 2. The molecule has 11 heteroatoms. The highest BCUT2D eigenvalue weighted by Gasteiger charge is 2.28. The van der Waals surface area contributed by atoms with E-state index in [0.717, 1.165) is 5.56 Å². The minimum absolute atomic E-state index is 0.0544. The number of nitrogens with two attached hydrogens (primary N) is 1. The minimum Gasteiger partial charge on any atom is -0.461 e. The van der Waals surface area contributed by atoms with Gasteiger partial charge in [-0.15, -0.1) is 0 Å². The molecule has 0 bridgehead atoms. The summed E-state index contributed by atoms with van der Waals surface area (Å²) in [5.74, 6) is -2.53. The Morgan fingerprint density at radius 3 is 1.95 bits per heavy atom. The zero-order chi connectivity index (χ0) is 28.8. The lowest BCUT2D eigenvalue weighted by molar-refractivity contribution is -0.145. The number of primary amides is 1. The second-order valence-electron chi connectivity index (χ2n) is 9.67. The first-order valence-electron chi connectivity index (χ1n) is 12.5. The molecule has 11 nitrogen and oxygen atoms in total. The van der Waals surface area contributed by atoms with Crippen LogP contribution in [0.25, 0.3) is 0 Å². The van der Waals surface area contributed by atoms with Crippen LogP contribution in [0.3, 0.4) is 0 Å². The van der Waals surface area contributed by atoms with Crippen LogP contribution in [-0.4, -0.2) is 47.5 Å². The van der Waals surface area contributed by atoms with Gasteiger partial charge < -0.3 is 30.6 Å². The van der Waals surface area contributed by atoms with Crippen LogP contribution in [-0.2, 0) is 35.3 Å². The monoisotopic (exact) mass is 541 g/mol. The molecule has 210 valence electrons. The zero-order valence-corrected chi connectivity index (χ0v) is 22.3. The van der Waals surface area contributed by atoms with Gasteiger partial charge in [-0.05, 0) is 51.3 Å². The number of hydrogen-bond acceptors (Lipinski definition) is 8. The molecule has 0 fully saturated rings. The third-order valence-corrected chi connectivity index (χ3v) is 5.16. The van der Waals surface area contributed by atoms with Gasteiger partial charge >= 0.3 is 18.0 Å². The largest absolute Gasteiger partial charge is 0.461 e.